The Hall–Kier alpha value is -4.69. The number of nitrogens with two attached hydrogens (primary N) is 2. The van der Waals surface area contributed by atoms with Gasteiger partial charge in [0.1, 0.15) is 18.6 Å². The van der Waals surface area contributed by atoms with E-state index in [1.165, 1.54) is 9.80 Å². The van der Waals surface area contributed by atoms with Crippen LogP contribution in [0.4, 0.5) is 10.5 Å². The lowest BCUT2D eigenvalue weighted by molar-refractivity contribution is -0.230. The number of imide groups is 1. The Morgan fingerprint density at radius 3 is 2.57 bits per heavy atom. The Labute approximate surface area is 253 Å². The fourth-order valence-electron chi connectivity index (χ4n) is 7.47. The number of hydrogen-bond donors (Lipinski definition) is 6. The third-order valence-electron chi connectivity index (χ3n) is 9.44. The van der Waals surface area contributed by atoms with Crippen LogP contribution in [0.25, 0.3) is 0 Å². The minimum Gasteiger partial charge on any atom is -0.370 e. The number of para-hydroxylation sites is 1. The molecule has 7 rings (SSSR count). The molecule has 2 saturated heterocycles. The van der Waals surface area contributed by atoms with Crippen molar-refractivity contribution in [1.29, 1.82) is 0 Å². The summed E-state index contributed by atoms with van der Waals surface area (Å²) in [6, 6.07) is 10.6. The van der Waals surface area contributed by atoms with Crippen LogP contribution in [-0.2, 0) is 17.6 Å². The molecule has 8 N–H and O–H groups in total. The van der Waals surface area contributed by atoms with Crippen molar-refractivity contribution >= 4 is 35.5 Å². The van der Waals surface area contributed by atoms with Gasteiger partial charge in [0.05, 0.1) is 12.6 Å². The van der Waals surface area contributed by atoms with E-state index < -0.39 is 47.4 Å². The highest BCUT2D eigenvalue weighted by molar-refractivity contribution is 6.12. The molecule has 0 radical (unpaired) electrons. The largest absolute Gasteiger partial charge is 0.370 e. The fourth-order valence-corrected chi connectivity index (χ4v) is 7.47. The minimum atomic E-state index is -2.65. The monoisotopic (exact) mass is 601 g/mol. The average molecular weight is 602 g/mol. The van der Waals surface area contributed by atoms with Gasteiger partial charge >= 0.3 is 6.03 Å². The molecule has 5 aliphatic rings. The number of nitrogens with zero attached hydrogens (tertiary/aromatic N) is 5. The van der Waals surface area contributed by atoms with Crippen molar-refractivity contribution < 1.29 is 24.6 Å². The summed E-state index contributed by atoms with van der Waals surface area (Å²) in [5, 5.41) is 29.4. The van der Waals surface area contributed by atoms with Crippen molar-refractivity contribution in [2.45, 2.75) is 56.3 Å². The molecule has 230 valence electrons. The molecule has 4 amide bonds. The highest BCUT2D eigenvalue weighted by atomic mass is 16.5. The van der Waals surface area contributed by atoms with Gasteiger partial charge < -0.3 is 37.2 Å². The molecule has 1 aliphatic carbocycles. The fraction of sp³-hybridized carbons (Fsp3) is 0.433. The van der Waals surface area contributed by atoms with E-state index in [1.54, 1.807) is 30.3 Å². The van der Waals surface area contributed by atoms with Gasteiger partial charge in [0, 0.05) is 17.8 Å². The Morgan fingerprint density at radius 1 is 1.07 bits per heavy atom. The third-order valence-corrected chi connectivity index (χ3v) is 9.44. The molecule has 2 aromatic rings. The van der Waals surface area contributed by atoms with Crippen LogP contribution in [-0.4, -0.2) is 99.0 Å². The van der Waals surface area contributed by atoms with E-state index in [-0.39, 0.29) is 37.0 Å². The molecule has 1 unspecified atom stereocenters. The van der Waals surface area contributed by atoms with Crippen molar-refractivity contribution in [3.8, 4) is 0 Å². The van der Waals surface area contributed by atoms with Crippen LogP contribution in [0, 0.1) is 5.41 Å². The number of rotatable bonds is 5. The molecular weight excluding hydrogens is 566 g/mol. The lowest BCUT2D eigenvalue weighted by atomic mass is 9.84. The molecule has 0 saturated carbocycles. The second-order valence-electron chi connectivity index (χ2n) is 12.9. The van der Waals surface area contributed by atoms with Crippen molar-refractivity contribution in [3.05, 3.63) is 65.2 Å². The van der Waals surface area contributed by atoms with Gasteiger partial charge in [0.15, 0.2) is 17.6 Å². The molecule has 44 heavy (non-hydrogen) atoms. The number of carbonyl (C=O) groups excluding carboxylic acids is 3. The summed E-state index contributed by atoms with van der Waals surface area (Å²) in [6.45, 7) is 3.80. The smallest absolute Gasteiger partial charge is 0.331 e. The van der Waals surface area contributed by atoms with Gasteiger partial charge in [-0.3, -0.25) is 19.4 Å². The molecule has 2 aromatic carbocycles. The molecule has 0 aromatic heterocycles. The highest BCUT2D eigenvalue weighted by Gasteiger charge is 2.73. The van der Waals surface area contributed by atoms with Crippen LogP contribution in [0.2, 0.25) is 0 Å². The van der Waals surface area contributed by atoms with Gasteiger partial charge in [-0.05, 0) is 47.6 Å². The van der Waals surface area contributed by atoms with Crippen LogP contribution in [0.15, 0.2) is 58.5 Å². The zero-order chi connectivity index (χ0) is 31.2. The van der Waals surface area contributed by atoms with Crippen molar-refractivity contribution in [2.75, 3.05) is 24.5 Å². The number of nitrogens with one attached hydrogen (secondary N) is 2. The number of anilines is 1. The Balaban J connectivity index is 1.16. The van der Waals surface area contributed by atoms with Gasteiger partial charge in [-0.25, -0.2) is 14.8 Å². The molecule has 4 aliphatic heterocycles. The summed E-state index contributed by atoms with van der Waals surface area (Å²) in [4.78, 5) is 52.8. The first-order valence-corrected chi connectivity index (χ1v) is 14.6. The normalized spacial score (nSPS) is 29.5. The van der Waals surface area contributed by atoms with Gasteiger partial charge in [-0.2, -0.15) is 0 Å². The summed E-state index contributed by atoms with van der Waals surface area (Å²) < 4.78 is 0. The molecule has 0 bridgehead atoms. The zero-order valence-corrected chi connectivity index (χ0v) is 24.4. The molecule has 4 atom stereocenters. The van der Waals surface area contributed by atoms with Gasteiger partial charge in [0.25, 0.3) is 11.8 Å². The lowest BCUT2D eigenvalue weighted by Gasteiger charge is -2.49. The molecule has 14 heteroatoms. The maximum absolute atomic E-state index is 13.6. The predicted molar refractivity (Wildman–Crippen MR) is 160 cm³/mol. The number of fused-ring (bicyclic) bond motifs is 1. The number of hydrogen-bond acceptors (Lipinski definition) is 11. The first-order valence-electron chi connectivity index (χ1n) is 14.6. The summed E-state index contributed by atoms with van der Waals surface area (Å²) in [5.41, 5.74) is 13.8. The number of amides is 4. The van der Waals surface area contributed by atoms with E-state index >= 15 is 0 Å². The van der Waals surface area contributed by atoms with Gasteiger partial charge in [0.2, 0.25) is 5.79 Å². The Morgan fingerprint density at radius 2 is 1.82 bits per heavy atom. The first-order chi connectivity index (χ1) is 20.8. The van der Waals surface area contributed by atoms with Crippen LogP contribution in [0.5, 0.6) is 0 Å². The average Bonchev–Trinajstić information content (AvgIpc) is 3.65. The van der Waals surface area contributed by atoms with Crippen LogP contribution in [0.1, 0.15) is 35.3 Å². The zero-order valence-electron chi connectivity index (χ0n) is 24.4. The van der Waals surface area contributed by atoms with Crippen LogP contribution >= 0.6 is 0 Å². The van der Waals surface area contributed by atoms with E-state index in [0.717, 1.165) is 28.9 Å². The second kappa shape index (κ2) is 9.40. The van der Waals surface area contributed by atoms with Gasteiger partial charge in [-0.1, -0.05) is 44.2 Å². The summed E-state index contributed by atoms with van der Waals surface area (Å²) in [7, 11) is 0. The summed E-state index contributed by atoms with van der Waals surface area (Å²) >= 11 is 0. The number of carbonyl (C=O) groups is 3. The Bertz CT molecular complexity index is 1640. The summed E-state index contributed by atoms with van der Waals surface area (Å²) in [5.74, 6) is -3.71. The Kier molecular flexibility index (Phi) is 6.01. The molecular formula is C30H35N9O5. The number of aliphatic imine (C=N–C) groups is 2. The van der Waals surface area contributed by atoms with E-state index in [1.807, 2.05) is 18.2 Å². The third kappa shape index (κ3) is 3.97. The maximum Gasteiger partial charge on any atom is 0.331 e. The minimum absolute atomic E-state index is 0.00934. The van der Waals surface area contributed by atoms with E-state index in [4.69, 9.17) is 11.5 Å². The lowest BCUT2D eigenvalue weighted by Crippen LogP contribution is -2.78. The quantitative estimate of drug-likeness (QED) is 0.185. The number of guanidine groups is 2. The standard InChI is InChI=1S/C30H35N9O5/c1-28(2)11-16-7-6-10-18(19(16)12-28)24(41)34-21-14-39-26(32)33-20(23-29(39,30(21,43)44)36-25(31)35-23)13-38-22(40)15-37(27(38)42)17-8-4-3-5-9-17/h3-10,20-21,23,43-44H,11-15H2,1-2H3,(H2,32,33)(H,34,41)(H3,31,35,36)/t20-,21?,23-,29-/m0/s1. The topological polar surface area (TPSA) is 202 Å². The first kappa shape index (κ1) is 28.1. The van der Waals surface area contributed by atoms with Crippen molar-refractivity contribution in [3.63, 3.8) is 0 Å². The van der Waals surface area contributed by atoms with E-state index in [2.05, 4.69) is 34.5 Å². The van der Waals surface area contributed by atoms with E-state index in [0.29, 0.717) is 11.3 Å². The predicted octanol–water partition coefficient (Wildman–Crippen LogP) is -0.945. The SMILES string of the molecule is CC1(C)Cc2cccc(C(=O)NC3CN4C(N)=N[C@@H](CN5C(=O)CN(c6ccccc6)C5=O)[C@@H]5N=C(N)N[C@@]54C3(O)O)c2C1. The summed E-state index contributed by atoms with van der Waals surface area (Å²) in [6.07, 6.45) is 1.57. The molecule has 14 nitrogen and oxygen atoms in total. The number of benzene rings is 2. The number of aliphatic hydroxyl groups is 2. The highest BCUT2D eigenvalue weighted by Crippen LogP contribution is 2.45. The molecule has 2 fully saturated rings. The van der Waals surface area contributed by atoms with E-state index in [9.17, 15) is 24.6 Å². The maximum atomic E-state index is 13.6. The molecule has 1 spiro atoms. The van der Waals surface area contributed by atoms with Crippen molar-refractivity contribution in [2.24, 2.45) is 26.9 Å². The van der Waals surface area contributed by atoms with Crippen LogP contribution in [0.3, 0.4) is 0 Å². The van der Waals surface area contributed by atoms with Crippen LogP contribution < -0.4 is 27.0 Å². The second-order valence-corrected chi connectivity index (χ2v) is 12.9. The molecule has 4 heterocycles. The van der Waals surface area contributed by atoms with Gasteiger partial charge in [-0.15, -0.1) is 0 Å². The van der Waals surface area contributed by atoms with Crippen molar-refractivity contribution in [1.82, 2.24) is 20.4 Å². The number of urea groups is 1.